The largest absolute Gasteiger partial charge is 0.358 e. The molecule has 0 aromatic rings. The Morgan fingerprint density at radius 1 is 0.955 bits per heavy atom. The van der Waals surface area contributed by atoms with Crippen LogP contribution in [0.4, 0.5) is 0 Å². The van der Waals surface area contributed by atoms with E-state index in [1.54, 1.807) is 0 Å². The minimum atomic E-state index is -0.106. The highest BCUT2D eigenvalue weighted by Gasteiger charge is 2.30. The molecule has 2 saturated heterocycles. The first kappa shape index (κ1) is 18.1. The van der Waals surface area contributed by atoms with Crippen LogP contribution >= 0.6 is 0 Å². The van der Waals surface area contributed by atoms with Gasteiger partial charge in [0.1, 0.15) is 6.73 Å². The third-order valence-corrected chi connectivity index (χ3v) is 4.42. The Morgan fingerprint density at radius 3 is 2.14 bits per heavy atom. The van der Waals surface area contributed by atoms with Gasteiger partial charge in [0.25, 0.3) is 0 Å². The van der Waals surface area contributed by atoms with E-state index in [0.29, 0.717) is 12.8 Å². The molecule has 22 heavy (non-hydrogen) atoms. The molecule has 5 heteroatoms. The normalized spacial score (nSPS) is 26.7. The molecule has 2 heterocycles. The van der Waals surface area contributed by atoms with E-state index in [0.717, 1.165) is 45.7 Å². The molecule has 0 saturated carbocycles. The molecule has 0 amide bonds. The van der Waals surface area contributed by atoms with E-state index in [2.05, 4.69) is 51.3 Å². The molecule has 2 fully saturated rings. The second-order valence-electron chi connectivity index (χ2n) is 8.57. The van der Waals surface area contributed by atoms with Crippen molar-refractivity contribution in [1.29, 1.82) is 0 Å². The molecule has 0 aromatic heterocycles. The second-order valence-corrected chi connectivity index (χ2v) is 8.57. The number of nitrogens with zero attached hydrogens (tertiary/aromatic N) is 3. The fraction of sp³-hybridized carbons (Fsp3) is 1.00. The number of piperazine rings is 1. The summed E-state index contributed by atoms with van der Waals surface area (Å²) in [6.07, 6.45) is 1.43. The quantitative estimate of drug-likeness (QED) is 0.793. The van der Waals surface area contributed by atoms with E-state index in [4.69, 9.17) is 9.57 Å². The summed E-state index contributed by atoms with van der Waals surface area (Å²) >= 11 is 0. The molecule has 0 aromatic carbocycles. The Hall–Kier alpha value is -0.200. The van der Waals surface area contributed by atoms with Crippen LogP contribution in [-0.2, 0) is 9.57 Å². The molecule has 130 valence electrons. The zero-order valence-corrected chi connectivity index (χ0v) is 15.4. The molecule has 0 aliphatic carbocycles. The van der Waals surface area contributed by atoms with E-state index in [-0.39, 0.29) is 11.1 Å². The van der Waals surface area contributed by atoms with Crippen molar-refractivity contribution >= 4 is 0 Å². The highest BCUT2D eigenvalue weighted by atomic mass is 16.7. The van der Waals surface area contributed by atoms with Gasteiger partial charge in [-0.1, -0.05) is 0 Å². The van der Waals surface area contributed by atoms with Crippen LogP contribution in [0.2, 0.25) is 0 Å². The first-order valence-corrected chi connectivity index (χ1v) is 8.66. The van der Waals surface area contributed by atoms with Crippen molar-refractivity contribution in [2.75, 3.05) is 46.0 Å². The van der Waals surface area contributed by atoms with Gasteiger partial charge >= 0.3 is 0 Å². The van der Waals surface area contributed by atoms with E-state index in [9.17, 15) is 0 Å². The lowest BCUT2D eigenvalue weighted by molar-refractivity contribution is -0.217. The number of hydrogen-bond donors (Lipinski definition) is 0. The fourth-order valence-electron chi connectivity index (χ4n) is 2.98. The summed E-state index contributed by atoms with van der Waals surface area (Å²) < 4.78 is 5.78. The maximum atomic E-state index is 6.01. The van der Waals surface area contributed by atoms with E-state index >= 15 is 0 Å². The van der Waals surface area contributed by atoms with Crippen molar-refractivity contribution in [2.24, 2.45) is 0 Å². The monoisotopic (exact) mass is 313 g/mol. The number of hydroxylamine groups is 2. The summed E-state index contributed by atoms with van der Waals surface area (Å²) in [6.45, 7) is 20.3. The molecule has 1 unspecified atom stereocenters. The molecular weight excluding hydrogens is 278 g/mol. The van der Waals surface area contributed by atoms with Crippen LogP contribution in [0, 0.1) is 0 Å². The van der Waals surface area contributed by atoms with Gasteiger partial charge in [-0.2, -0.15) is 5.06 Å². The zero-order chi connectivity index (χ0) is 16.4. The smallest absolute Gasteiger partial charge is 0.123 e. The summed E-state index contributed by atoms with van der Waals surface area (Å²) in [5.74, 6) is 0. The maximum Gasteiger partial charge on any atom is 0.123 e. The molecule has 2 aliphatic heterocycles. The van der Waals surface area contributed by atoms with Crippen LogP contribution < -0.4 is 0 Å². The minimum Gasteiger partial charge on any atom is -0.358 e. The van der Waals surface area contributed by atoms with E-state index in [1.165, 1.54) is 0 Å². The lowest BCUT2D eigenvalue weighted by atomic mass is 10.0. The zero-order valence-electron chi connectivity index (χ0n) is 15.4. The summed E-state index contributed by atoms with van der Waals surface area (Å²) in [4.78, 5) is 11.1. The van der Waals surface area contributed by atoms with Crippen molar-refractivity contribution in [3.63, 3.8) is 0 Å². The van der Waals surface area contributed by atoms with Gasteiger partial charge in [-0.3, -0.25) is 14.6 Å². The van der Waals surface area contributed by atoms with Gasteiger partial charge < -0.3 is 4.74 Å². The lowest BCUT2D eigenvalue weighted by Gasteiger charge is -2.42. The fourth-order valence-corrected chi connectivity index (χ4v) is 2.98. The first-order chi connectivity index (χ1) is 10.1. The number of rotatable bonds is 4. The van der Waals surface area contributed by atoms with Gasteiger partial charge in [-0.15, -0.1) is 0 Å². The van der Waals surface area contributed by atoms with Crippen LogP contribution in [0.25, 0.3) is 0 Å². The highest BCUT2D eigenvalue weighted by molar-refractivity contribution is 4.83. The van der Waals surface area contributed by atoms with E-state index in [1.807, 2.05) is 5.06 Å². The van der Waals surface area contributed by atoms with Crippen LogP contribution in [0.1, 0.15) is 48.0 Å². The predicted octanol–water partition coefficient (Wildman–Crippen LogP) is 2.18. The molecule has 2 aliphatic rings. The first-order valence-electron chi connectivity index (χ1n) is 8.66. The van der Waals surface area contributed by atoms with Crippen LogP contribution in [0.5, 0.6) is 0 Å². The molecule has 2 rings (SSSR count). The summed E-state index contributed by atoms with van der Waals surface area (Å²) in [5.41, 5.74) is 0.182. The lowest BCUT2D eigenvalue weighted by Crippen LogP contribution is -2.54. The average Bonchev–Trinajstić information content (AvgIpc) is 2.83. The topological polar surface area (TPSA) is 28.2 Å². The van der Waals surface area contributed by atoms with Crippen molar-refractivity contribution in [3.8, 4) is 0 Å². The molecular formula is C17H35N3O2. The maximum absolute atomic E-state index is 6.01. The molecule has 5 nitrogen and oxygen atoms in total. The third kappa shape index (κ3) is 5.78. The van der Waals surface area contributed by atoms with Crippen LogP contribution in [0.15, 0.2) is 0 Å². The van der Waals surface area contributed by atoms with Crippen LogP contribution in [-0.4, -0.2) is 78.1 Å². The number of ether oxygens (including phenoxy) is 1. The molecule has 0 spiro atoms. The van der Waals surface area contributed by atoms with Gasteiger partial charge in [-0.25, -0.2) is 0 Å². The molecule has 0 radical (unpaired) electrons. The van der Waals surface area contributed by atoms with Gasteiger partial charge in [0.2, 0.25) is 0 Å². The summed E-state index contributed by atoms with van der Waals surface area (Å²) in [7, 11) is 0. The number of hydrogen-bond acceptors (Lipinski definition) is 5. The van der Waals surface area contributed by atoms with Gasteiger partial charge in [0.05, 0.1) is 11.7 Å². The standard InChI is InChI=1S/C17H35N3O2/c1-16(2,3)19-11-9-18(10-12-19)13-15-7-8-20(22-15)14-21-17(4,5)6/h15H,7-14H2,1-6H3. The van der Waals surface area contributed by atoms with Crippen molar-refractivity contribution in [3.05, 3.63) is 0 Å². The van der Waals surface area contributed by atoms with Crippen molar-refractivity contribution < 1.29 is 9.57 Å². The Labute approximate surface area is 136 Å². The van der Waals surface area contributed by atoms with Gasteiger partial charge in [-0.05, 0) is 48.0 Å². The SMILES string of the molecule is CC(C)(C)OCN1CCC(CN2CCN(C(C)(C)C)CC2)O1. The van der Waals surface area contributed by atoms with Crippen molar-refractivity contribution in [2.45, 2.75) is 65.2 Å². The Morgan fingerprint density at radius 2 is 1.59 bits per heavy atom. The molecule has 0 N–H and O–H groups in total. The van der Waals surface area contributed by atoms with Gasteiger partial charge in [0.15, 0.2) is 0 Å². The second kappa shape index (κ2) is 7.14. The highest BCUT2D eigenvalue weighted by Crippen LogP contribution is 2.19. The van der Waals surface area contributed by atoms with Crippen molar-refractivity contribution in [1.82, 2.24) is 14.9 Å². The van der Waals surface area contributed by atoms with Crippen LogP contribution in [0.3, 0.4) is 0 Å². The third-order valence-electron chi connectivity index (χ3n) is 4.42. The Bertz CT molecular complexity index is 341. The van der Waals surface area contributed by atoms with E-state index < -0.39 is 0 Å². The Balaban J connectivity index is 1.67. The summed E-state index contributed by atoms with van der Waals surface area (Å²) in [6, 6.07) is 0. The average molecular weight is 313 g/mol. The molecule has 0 bridgehead atoms. The minimum absolute atomic E-state index is 0.106. The molecule has 1 atom stereocenters. The summed E-state index contributed by atoms with van der Waals surface area (Å²) in [5, 5.41) is 1.97. The predicted molar refractivity (Wildman–Crippen MR) is 89.7 cm³/mol. The Kier molecular flexibility index (Phi) is 5.89. The van der Waals surface area contributed by atoms with Gasteiger partial charge in [0, 0.05) is 44.8 Å².